The SMILES string of the molecule is Cc1nc2sc(-c3ccccc3)c(N)c(=O)c2c(C)c1CC(=O)c1ccccc1. The van der Waals surface area contributed by atoms with E-state index >= 15 is 0 Å². The van der Waals surface area contributed by atoms with E-state index in [2.05, 4.69) is 4.98 Å². The van der Waals surface area contributed by atoms with E-state index < -0.39 is 0 Å². The summed E-state index contributed by atoms with van der Waals surface area (Å²) in [6.07, 6.45) is 0.203. The van der Waals surface area contributed by atoms with Crippen LogP contribution in [0.25, 0.3) is 20.7 Å². The zero-order valence-electron chi connectivity index (χ0n) is 16.2. The van der Waals surface area contributed by atoms with E-state index in [9.17, 15) is 9.59 Å². The number of aromatic nitrogens is 1. The lowest BCUT2D eigenvalue weighted by Gasteiger charge is -2.13. The second-order valence-electron chi connectivity index (χ2n) is 6.99. The molecule has 0 radical (unpaired) electrons. The zero-order valence-corrected chi connectivity index (χ0v) is 17.0. The summed E-state index contributed by atoms with van der Waals surface area (Å²) in [6, 6.07) is 18.8. The van der Waals surface area contributed by atoms with Crippen molar-refractivity contribution in [1.29, 1.82) is 0 Å². The van der Waals surface area contributed by atoms with Gasteiger partial charge in [-0.25, -0.2) is 4.98 Å². The van der Waals surface area contributed by atoms with Gasteiger partial charge < -0.3 is 5.73 Å². The number of pyridine rings is 1. The van der Waals surface area contributed by atoms with Crippen LogP contribution >= 0.6 is 11.3 Å². The maximum atomic E-state index is 13.1. The molecule has 2 N–H and O–H groups in total. The maximum absolute atomic E-state index is 13.1. The molecule has 0 spiro atoms. The van der Waals surface area contributed by atoms with Crippen LogP contribution in [0.4, 0.5) is 5.69 Å². The monoisotopic (exact) mass is 400 g/mol. The first-order chi connectivity index (χ1) is 14.0. The van der Waals surface area contributed by atoms with Crippen LogP contribution in [0.1, 0.15) is 27.2 Å². The summed E-state index contributed by atoms with van der Waals surface area (Å²) in [5.41, 5.74) is 10.1. The van der Waals surface area contributed by atoms with E-state index in [0.29, 0.717) is 15.8 Å². The van der Waals surface area contributed by atoms with Gasteiger partial charge in [0, 0.05) is 17.7 Å². The van der Waals surface area contributed by atoms with Gasteiger partial charge in [0.15, 0.2) is 5.78 Å². The lowest BCUT2D eigenvalue weighted by molar-refractivity contribution is 0.0992. The van der Waals surface area contributed by atoms with Gasteiger partial charge in [-0.15, -0.1) is 11.3 Å². The highest BCUT2D eigenvalue weighted by Crippen LogP contribution is 2.34. The topological polar surface area (TPSA) is 73.0 Å². The summed E-state index contributed by atoms with van der Waals surface area (Å²) in [5, 5.41) is 0.508. The van der Waals surface area contributed by atoms with Crippen molar-refractivity contribution < 1.29 is 4.79 Å². The van der Waals surface area contributed by atoms with Crippen molar-refractivity contribution in [3.05, 3.63) is 93.3 Å². The first kappa shape index (κ1) is 19.0. The van der Waals surface area contributed by atoms with Gasteiger partial charge in [-0.1, -0.05) is 60.7 Å². The lowest BCUT2D eigenvalue weighted by Crippen LogP contribution is -2.14. The number of Topliss-reactive ketones (excluding diaryl/α,β-unsaturated/α-hetero) is 1. The van der Waals surface area contributed by atoms with Crippen LogP contribution in [0, 0.1) is 13.8 Å². The highest BCUT2D eigenvalue weighted by molar-refractivity contribution is 7.21. The van der Waals surface area contributed by atoms with Gasteiger partial charge in [-0.3, -0.25) is 9.59 Å². The van der Waals surface area contributed by atoms with E-state index in [0.717, 1.165) is 27.3 Å². The fourth-order valence-electron chi connectivity index (χ4n) is 3.54. The van der Waals surface area contributed by atoms with E-state index in [1.165, 1.54) is 11.3 Å². The van der Waals surface area contributed by atoms with Crippen LogP contribution in [0.5, 0.6) is 0 Å². The molecule has 2 heterocycles. The number of rotatable bonds is 4. The molecule has 0 aliphatic carbocycles. The number of hydrogen-bond acceptors (Lipinski definition) is 5. The molecule has 0 bridgehead atoms. The summed E-state index contributed by atoms with van der Waals surface area (Å²) in [6.45, 7) is 3.76. The normalized spacial score (nSPS) is 11.0. The summed E-state index contributed by atoms with van der Waals surface area (Å²) >= 11 is 1.41. The van der Waals surface area contributed by atoms with Gasteiger partial charge >= 0.3 is 0 Å². The smallest absolute Gasteiger partial charge is 0.213 e. The van der Waals surface area contributed by atoms with Crippen molar-refractivity contribution in [3.63, 3.8) is 0 Å². The predicted octanol–water partition coefficient (Wildman–Crippen LogP) is 4.95. The van der Waals surface area contributed by atoms with E-state index in [4.69, 9.17) is 5.73 Å². The Kier molecular flexibility index (Phi) is 4.99. The molecule has 144 valence electrons. The molecule has 0 saturated heterocycles. The number of carbonyl (C=O) groups excluding carboxylic acids is 1. The molecule has 0 amide bonds. The van der Waals surface area contributed by atoms with Crippen LogP contribution < -0.4 is 11.2 Å². The standard InChI is InChI=1S/C24H20N2O2S/c1-14-18(13-19(27)16-9-5-3-6-10-16)15(2)26-24-20(14)22(28)21(25)23(29-24)17-11-7-4-8-12-17/h3-12H,13,25H2,1-2H3. The summed E-state index contributed by atoms with van der Waals surface area (Å²) in [5.74, 6) is 0.00273. The Hall–Kier alpha value is -3.31. The number of carbonyl (C=O) groups is 1. The highest BCUT2D eigenvalue weighted by atomic mass is 32.1. The molecule has 0 unspecified atom stereocenters. The zero-order chi connectivity index (χ0) is 20.5. The predicted molar refractivity (Wildman–Crippen MR) is 120 cm³/mol. The minimum Gasteiger partial charge on any atom is -0.394 e. The molecule has 4 nitrogen and oxygen atoms in total. The third-order valence-electron chi connectivity index (χ3n) is 5.13. The maximum Gasteiger partial charge on any atom is 0.213 e. The largest absolute Gasteiger partial charge is 0.394 e. The average molecular weight is 401 g/mol. The molecular weight excluding hydrogens is 380 g/mol. The molecule has 2 aromatic carbocycles. The Morgan fingerprint density at radius 2 is 1.62 bits per heavy atom. The Morgan fingerprint density at radius 3 is 2.28 bits per heavy atom. The number of anilines is 1. The van der Waals surface area contributed by atoms with Crippen molar-refractivity contribution >= 4 is 33.0 Å². The number of fused-ring (bicyclic) bond motifs is 1. The molecule has 4 aromatic rings. The molecule has 29 heavy (non-hydrogen) atoms. The minimum atomic E-state index is -0.226. The van der Waals surface area contributed by atoms with E-state index in [-0.39, 0.29) is 23.3 Å². The van der Waals surface area contributed by atoms with Crippen LogP contribution in [0.15, 0.2) is 65.5 Å². The number of benzene rings is 2. The second-order valence-corrected chi connectivity index (χ2v) is 7.99. The Morgan fingerprint density at radius 1 is 1.00 bits per heavy atom. The molecule has 0 aliphatic rings. The summed E-state index contributed by atoms with van der Waals surface area (Å²) in [4.78, 5) is 31.9. The van der Waals surface area contributed by atoms with Crippen molar-refractivity contribution in [2.75, 3.05) is 5.73 Å². The van der Waals surface area contributed by atoms with Crippen molar-refractivity contribution in [2.24, 2.45) is 0 Å². The van der Waals surface area contributed by atoms with Gasteiger partial charge in [0.25, 0.3) is 0 Å². The fraction of sp³-hybridized carbons (Fsp3) is 0.125. The van der Waals surface area contributed by atoms with Gasteiger partial charge in [-0.05, 0) is 30.5 Å². The van der Waals surface area contributed by atoms with E-state index in [1.807, 2.05) is 62.4 Å². The number of aryl methyl sites for hydroxylation is 2. The van der Waals surface area contributed by atoms with Crippen LogP contribution in [-0.2, 0) is 6.42 Å². The molecule has 5 heteroatoms. The number of nitrogens with zero attached hydrogens (tertiary/aromatic N) is 1. The molecular formula is C24H20N2O2S. The Balaban J connectivity index is 1.86. The molecule has 2 aromatic heterocycles. The van der Waals surface area contributed by atoms with Gasteiger partial charge in [0.2, 0.25) is 5.43 Å². The lowest BCUT2D eigenvalue weighted by atomic mass is 9.96. The molecule has 0 atom stereocenters. The second kappa shape index (κ2) is 7.60. The minimum absolute atomic E-state index is 0.00273. The average Bonchev–Trinajstić information content (AvgIpc) is 2.74. The van der Waals surface area contributed by atoms with Gasteiger partial charge in [0.05, 0.1) is 16.0 Å². The number of nitrogens with two attached hydrogens (primary N) is 1. The number of hydrogen-bond donors (Lipinski definition) is 1. The van der Waals surface area contributed by atoms with Gasteiger partial charge in [-0.2, -0.15) is 0 Å². The summed E-state index contributed by atoms with van der Waals surface area (Å²) in [7, 11) is 0. The van der Waals surface area contributed by atoms with Crippen molar-refractivity contribution in [1.82, 2.24) is 4.98 Å². The molecule has 0 saturated carbocycles. The first-order valence-corrected chi connectivity index (χ1v) is 10.1. The van der Waals surface area contributed by atoms with Crippen LogP contribution in [0.3, 0.4) is 0 Å². The van der Waals surface area contributed by atoms with Crippen molar-refractivity contribution in [3.8, 4) is 10.4 Å². The highest BCUT2D eigenvalue weighted by Gasteiger charge is 2.19. The molecule has 0 aliphatic heterocycles. The third kappa shape index (κ3) is 3.45. The summed E-state index contributed by atoms with van der Waals surface area (Å²) < 4.78 is 0. The Labute approximate surface area is 172 Å². The number of nitrogen functional groups attached to an aromatic ring is 1. The van der Waals surface area contributed by atoms with Gasteiger partial charge in [0.1, 0.15) is 4.83 Å². The molecule has 4 rings (SSSR count). The number of ketones is 1. The van der Waals surface area contributed by atoms with Crippen molar-refractivity contribution in [2.45, 2.75) is 20.3 Å². The first-order valence-electron chi connectivity index (χ1n) is 9.33. The quantitative estimate of drug-likeness (QED) is 0.492. The Bertz CT molecular complexity index is 1280. The van der Waals surface area contributed by atoms with Crippen LogP contribution in [-0.4, -0.2) is 10.8 Å². The third-order valence-corrected chi connectivity index (χ3v) is 6.28. The van der Waals surface area contributed by atoms with E-state index in [1.54, 1.807) is 12.1 Å². The molecule has 0 fully saturated rings. The fourth-order valence-corrected chi connectivity index (χ4v) is 4.72. The van der Waals surface area contributed by atoms with Crippen LogP contribution in [0.2, 0.25) is 0 Å².